The molecular weight excluding hydrogens is 440 g/mol. The zero-order valence-electron chi connectivity index (χ0n) is 19.8. The molecule has 0 aliphatic carbocycles. The normalized spacial score (nSPS) is 11.8. The Morgan fingerprint density at radius 2 is 1.35 bits per heavy atom. The second-order valence-electron chi connectivity index (χ2n) is 9.18. The van der Waals surface area contributed by atoms with E-state index >= 15 is 0 Å². The number of carbonyl (C=O) groups is 1. The lowest BCUT2D eigenvalue weighted by Crippen LogP contribution is -2.26. The van der Waals surface area contributed by atoms with E-state index in [1.54, 1.807) is 18.2 Å². The van der Waals surface area contributed by atoms with Crippen LogP contribution in [0.15, 0.2) is 84.9 Å². The van der Waals surface area contributed by atoms with Gasteiger partial charge in [-0.15, -0.1) is 0 Å². The van der Waals surface area contributed by atoms with Gasteiger partial charge in [0.2, 0.25) is 0 Å². The van der Waals surface area contributed by atoms with Gasteiger partial charge in [0.1, 0.15) is 11.4 Å². The second kappa shape index (κ2) is 8.30. The van der Waals surface area contributed by atoms with E-state index in [2.05, 4.69) is 60.7 Å². The van der Waals surface area contributed by atoms with Crippen molar-refractivity contribution in [2.45, 2.75) is 33.3 Å². The molecule has 1 aromatic heterocycles. The molecule has 0 unspecified atom stereocenters. The fourth-order valence-corrected chi connectivity index (χ4v) is 7.25. The van der Waals surface area contributed by atoms with Crippen molar-refractivity contribution in [2.24, 2.45) is 0 Å². The highest BCUT2D eigenvalue weighted by molar-refractivity contribution is 7.50. The van der Waals surface area contributed by atoms with E-state index in [0.717, 1.165) is 16.7 Å². The summed E-state index contributed by atoms with van der Waals surface area (Å²) in [6.07, 6.45) is 0. The Kier molecular flexibility index (Phi) is 5.41. The molecule has 0 saturated carbocycles. The lowest BCUT2D eigenvalue weighted by atomic mass is 9.97. The van der Waals surface area contributed by atoms with Crippen LogP contribution in [-0.4, -0.2) is 11.1 Å². The van der Waals surface area contributed by atoms with Crippen molar-refractivity contribution in [3.05, 3.63) is 107 Å². The van der Waals surface area contributed by atoms with Crippen LogP contribution in [0, 0.1) is 13.8 Å². The summed E-state index contributed by atoms with van der Waals surface area (Å²) >= 11 is 0. The molecule has 1 heterocycles. The fraction of sp³-hybridized carbons (Fsp3) is 0.167. The Morgan fingerprint density at radius 1 is 0.794 bits per heavy atom. The summed E-state index contributed by atoms with van der Waals surface area (Å²) in [6, 6.07) is 28.3. The quantitative estimate of drug-likeness (QED) is 0.214. The van der Waals surface area contributed by atoms with Crippen molar-refractivity contribution in [3.8, 4) is 10.6 Å². The molecule has 34 heavy (non-hydrogen) atoms. The number of hydrogen-bond acceptors (Lipinski definition) is 3. The molecule has 0 amide bonds. The maximum atomic E-state index is 13.3. The standard InChI is InChI=1S/C30H26O3S/c1-19-16-23(34-26-14-7-5-12-24(26)25-13-6-8-15-27(25)34)17-20(2)28(19)29(32)33-30(3,4)21-10-9-11-22(31)18-21/h5-18H,1-4H3/p+1. The third-order valence-electron chi connectivity index (χ3n) is 6.34. The minimum Gasteiger partial charge on any atom is -0.508 e. The van der Waals surface area contributed by atoms with Crippen LogP contribution < -0.4 is 0 Å². The van der Waals surface area contributed by atoms with Gasteiger partial charge in [0.15, 0.2) is 14.3 Å². The van der Waals surface area contributed by atoms with Gasteiger partial charge in [0.25, 0.3) is 0 Å². The van der Waals surface area contributed by atoms with Crippen molar-refractivity contribution < 1.29 is 14.6 Å². The van der Waals surface area contributed by atoms with E-state index in [9.17, 15) is 9.90 Å². The number of rotatable bonds is 4. The molecule has 0 radical (unpaired) electrons. The average molecular weight is 468 g/mol. The van der Waals surface area contributed by atoms with Gasteiger partial charge in [-0.1, -0.05) is 36.4 Å². The van der Waals surface area contributed by atoms with Crippen LogP contribution >= 0.6 is 10.5 Å². The molecule has 0 aliphatic heterocycles. The monoisotopic (exact) mass is 467 g/mol. The molecular formula is C30H27O3S+. The number of phenolic OH excluding ortho intramolecular Hbond substituents is 1. The molecule has 170 valence electrons. The molecule has 4 heteroatoms. The molecule has 0 bridgehead atoms. The predicted molar refractivity (Wildman–Crippen MR) is 141 cm³/mol. The number of phenols is 1. The highest BCUT2D eigenvalue weighted by Gasteiger charge is 2.30. The molecule has 0 atom stereocenters. The van der Waals surface area contributed by atoms with Gasteiger partial charge in [-0.2, -0.15) is 0 Å². The van der Waals surface area contributed by atoms with Crippen LogP contribution in [0.2, 0.25) is 0 Å². The summed E-state index contributed by atoms with van der Waals surface area (Å²) in [4.78, 5) is 14.5. The topological polar surface area (TPSA) is 46.5 Å². The third-order valence-corrected chi connectivity index (χ3v) is 8.64. The summed E-state index contributed by atoms with van der Waals surface area (Å²) in [7, 11) is -0.214. The number of fused-ring (bicyclic) bond motifs is 3. The van der Waals surface area contributed by atoms with Gasteiger partial charge in [0.05, 0.1) is 5.56 Å². The van der Waals surface area contributed by atoms with E-state index in [0.29, 0.717) is 5.56 Å². The average Bonchev–Trinajstić information content (AvgIpc) is 3.13. The number of benzene rings is 4. The second-order valence-corrected chi connectivity index (χ2v) is 11.1. The van der Waals surface area contributed by atoms with Gasteiger partial charge in [-0.3, -0.25) is 0 Å². The van der Waals surface area contributed by atoms with E-state index < -0.39 is 5.60 Å². The number of aryl methyl sites for hydroxylation is 2. The molecule has 0 saturated heterocycles. The molecule has 0 fully saturated rings. The highest BCUT2D eigenvalue weighted by Crippen LogP contribution is 2.49. The Balaban J connectivity index is 1.57. The molecule has 0 aliphatic rings. The van der Waals surface area contributed by atoms with Crippen molar-refractivity contribution >= 4 is 36.6 Å². The van der Waals surface area contributed by atoms with Gasteiger partial charge in [-0.25, -0.2) is 4.79 Å². The van der Waals surface area contributed by atoms with Crippen LogP contribution in [0.4, 0.5) is 0 Å². The summed E-state index contributed by atoms with van der Waals surface area (Å²) in [5, 5.41) is 12.4. The lowest BCUT2D eigenvalue weighted by molar-refractivity contribution is -0.00337. The molecule has 5 rings (SSSR count). The third kappa shape index (κ3) is 3.74. The SMILES string of the molecule is Cc1cc(-[s+]2c3ccccc3c3ccccc32)cc(C)c1C(=O)OC(C)(C)c1cccc(O)c1. The zero-order valence-corrected chi connectivity index (χ0v) is 20.6. The number of esters is 1. The van der Waals surface area contributed by atoms with Crippen LogP contribution in [-0.2, 0) is 10.3 Å². The van der Waals surface area contributed by atoms with Crippen LogP contribution in [0.5, 0.6) is 5.75 Å². The summed E-state index contributed by atoms with van der Waals surface area (Å²) in [5.74, 6) is -0.207. The van der Waals surface area contributed by atoms with Crippen LogP contribution in [0.1, 0.15) is 40.9 Å². The van der Waals surface area contributed by atoms with E-state index in [1.807, 2.05) is 33.8 Å². The molecule has 4 aromatic carbocycles. The highest BCUT2D eigenvalue weighted by atomic mass is 32.2. The number of aromatic hydroxyl groups is 1. The van der Waals surface area contributed by atoms with Gasteiger partial charge in [-0.05, 0) is 80.8 Å². The first-order valence-electron chi connectivity index (χ1n) is 11.3. The number of thiophene rings is 1. The maximum absolute atomic E-state index is 13.3. The first-order valence-corrected chi connectivity index (χ1v) is 12.6. The van der Waals surface area contributed by atoms with Gasteiger partial charge >= 0.3 is 5.97 Å². The van der Waals surface area contributed by atoms with Gasteiger partial charge < -0.3 is 9.84 Å². The Labute approximate surface area is 202 Å². The van der Waals surface area contributed by atoms with Crippen molar-refractivity contribution in [1.82, 2.24) is 0 Å². The van der Waals surface area contributed by atoms with E-state index in [4.69, 9.17) is 4.74 Å². The first-order chi connectivity index (χ1) is 16.3. The smallest absolute Gasteiger partial charge is 0.339 e. The molecule has 5 aromatic rings. The number of ether oxygens (including phenoxy) is 1. The lowest BCUT2D eigenvalue weighted by Gasteiger charge is -2.26. The Bertz CT molecular complexity index is 1480. The predicted octanol–water partition coefficient (Wildman–Crippen LogP) is 8.15. The maximum Gasteiger partial charge on any atom is 0.339 e. The van der Waals surface area contributed by atoms with Crippen molar-refractivity contribution in [1.29, 1.82) is 0 Å². The number of hydrogen-bond donors (Lipinski definition) is 1. The fourth-order valence-electron chi connectivity index (χ4n) is 4.69. The number of carbonyl (C=O) groups excluding carboxylic acids is 1. The summed E-state index contributed by atoms with van der Waals surface area (Å²) < 4.78 is 8.60. The summed E-state index contributed by atoms with van der Waals surface area (Å²) in [6.45, 7) is 7.64. The zero-order chi connectivity index (χ0) is 24.0. The molecule has 1 N–H and O–H groups in total. The van der Waals surface area contributed by atoms with Crippen molar-refractivity contribution in [3.63, 3.8) is 0 Å². The van der Waals surface area contributed by atoms with E-state index in [-0.39, 0.29) is 22.2 Å². The molecule has 0 spiro atoms. The Morgan fingerprint density at radius 3 is 1.91 bits per heavy atom. The van der Waals surface area contributed by atoms with Gasteiger partial charge in [0, 0.05) is 33.4 Å². The Hall–Kier alpha value is -3.63. The summed E-state index contributed by atoms with van der Waals surface area (Å²) in [5.41, 5.74) is 2.27. The largest absolute Gasteiger partial charge is 0.508 e. The van der Waals surface area contributed by atoms with Crippen LogP contribution in [0.3, 0.4) is 0 Å². The minimum absolute atomic E-state index is 0.149. The minimum atomic E-state index is -0.877. The first kappa shape index (κ1) is 22.2. The molecule has 3 nitrogen and oxygen atoms in total. The van der Waals surface area contributed by atoms with Crippen molar-refractivity contribution in [2.75, 3.05) is 0 Å². The van der Waals surface area contributed by atoms with Crippen LogP contribution in [0.25, 0.3) is 25.1 Å². The van der Waals surface area contributed by atoms with E-state index in [1.165, 1.54) is 25.1 Å².